The number of rotatable bonds is 4. The fourth-order valence-electron chi connectivity index (χ4n) is 2.82. The number of hydrogen-bond acceptors (Lipinski definition) is 5. The highest BCUT2D eigenvalue weighted by atomic mass is 35.5. The fraction of sp³-hybridized carbons (Fsp3) is 0. The van der Waals surface area contributed by atoms with E-state index in [9.17, 15) is 14.9 Å². The summed E-state index contributed by atoms with van der Waals surface area (Å²) in [6.45, 7) is 0. The number of benzene rings is 2. The minimum Gasteiger partial charge on any atom is -0.456 e. The molecule has 138 valence electrons. The molecule has 2 aromatic carbocycles. The zero-order valence-corrected chi connectivity index (χ0v) is 15.1. The number of nitro groups is 1. The molecule has 0 unspecified atom stereocenters. The third kappa shape index (κ3) is 3.45. The van der Waals surface area contributed by atoms with Crippen LogP contribution in [-0.4, -0.2) is 10.9 Å². The van der Waals surface area contributed by atoms with E-state index < -0.39 is 10.9 Å². The number of carbonyl (C=O) groups excluding carboxylic acids is 1. The Morgan fingerprint density at radius 2 is 1.75 bits per heavy atom. The number of carbonyl (C=O) groups is 1. The van der Waals surface area contributed by atoms with Gasteiger partial charge in [-0.2, -0.15) is 0 Å². The lowest BCUT2D eigenvalue weighted by atomic mass is 10.1. The Bertz CT molecular complexity index is 1140. The number of para-hydroxylation sites is 1. The number of ether oxygens (including phenoxy) is 1. The molecule has 0 radical (unpaired) electrons. The van der Waals surface area contributed by atoms with Crippen LogP contribution < -0.4 is 0 Å². The number of nitrogens with zero attached hydrogens (tertiary/aromatic N) is 1. The summed E-state index contributed by atoms with van der Waals surface area (Å²) in [5.41, 5.74) is 1.35. The van der Waals surface area contributed by atoms with E-state index in [0.29, 0.717) is 33.4 Å². The van der Waals surface area contributed by atoms with Crippen molar-refractivity contribution < 1.29 is 18.9 Å². The van der Waals surface area contributed by atoms with Crippen LogP contribution in [0.25, 0.3) is 23.2 Å². The Labute approximate surface area is 164 Å². The van der Waals surface area contributed by atoms with Crippen molar-refractivity contribution in [3.05, 3.63) is 98.8 Å². The van der Waals surface area contributed by atoms with Gasteiger partial charge in [0, 0.05) is 16.7 Å². The van der Waals surface area contributed by atoms with E-state index in [1.54, 1.807) is 60.7 Å². The second-order valence-corrected chi connectivity index (χ2v) is 6.42. The molecule has 6 nitrogen and oxygen atoms in total. The monoisotopic (exact) mass is 393 g/mol. The third-order valence-corrected chi connectivity index (χ3v) is 4.40. The summed E-state index contributed by atoms with van der Waals surface area (Å²) in [5, 5.41) is 11.8. The van der Waals surface area contributed by atoms with Gasteiger partial charge in [-0.15, -0.1) is 0 Å². The van der Waals surface area contributed by atoms with Gasteiger partial charge in [-0.3, -0.25) is 10.1 Å². The average molecular weight is 394 g/mol. The molecule has 4 rings (SSSR count). The molecule has 0 aliphatic carbocycles. The maximum atomic E-state index is 12.1. The van der Waals surface area contributed by atoms with Gasteiger partial charge >= 0.3 is 5.97 Å². The molecule has 1 aliphatic rings. The number of nitro benzene ring substituents is 1. The van der Waals surface area contributed by atoms with Gasteiger partial charge in [0.1, 0.15) is 17.3 Å². The lowest BCUT2D eigenvalue weighted by Gasteiger charge is -2.01. The highest BCUT2D eigenvalue weighted by Gasteiger charge is 2.23. The molecule has 3 aromatic rings. The Morgan fingerprint density at radius 3 is 2.50 bits per heavy atom. The molecular weight excluding hydrogens is 382 g/mol. The van der Waals surface area contributed by atoms with Gasteiger partial charge in [0.25, 0.3) is 5.69 Å². The number of esters is 1. The molecule has 1 aliphatic heterocycles. The van der Waals surface area contributed by atoms with Crippen molar-refractivity contribution in [1.82, 2.24) is 0 Å². The van der Waals surface area contributed by atoms with Crippen molar-refractivity contribution in [2.75, 3.05) is 0 Å². The first-order valence-electron chi connectivity index (χ1n) is 8.26. The van der Waals surface area contributed by atoms with E-state index in [1.165, 1.54) is 12.1 Å². The lowest BCUT2D eigenvalue weighted by molar-refractivity contribution is -0.384. The fourth-order valence-corrected chi connectivity index (χ4v) is 2.94. The maximum Gasteiger partial charge on any atom is 0.343 e. The molecule has 0 saturated carbocycles. The highest BCUT2D eigenvalue weighted by Crippen LogP contribution is 2.33. The summed E-state index contributed by atoms with van der Waals surface area (Å²) in [4.78, 5) is 22.9. The first-order chi connectivity index (χ1) is 13.5. The Morgan fingerprint density at radius 1 is 1.00 bits per heavy atom. The second-order valence-electron chi connectivity index (χ2n) is 5.98. The SMILES string of the molecule is O=C1OC(c2ccc(Cl)cc2)=C/C1=C\c1ccc(-c2ccccc2[N+](=O)[O-])o1. The molecule has 0 fully saturated rings. The van der Waals surface area contributed by atoms with Gasteiger partial charge in [-0.1, -0.05) is 23.7 Å². The van der Waals surface area contributed by atoms with Crippen LogP contribution in [0.4, 0.5) is 5.69 Å². The third-order valence-electron chi connectivity index (χ3n) is 4.14. The molecule has 7 heteroatoms. The largest absolute Gasteiger partial charge is 0.456 e. The molecule has 0 N–H and O–H groups in total. The summed E-state index contributed by atoms with van der Waals surface area (Å²) >= 11 is 5.87. The maximum absolute atomic E-state index is 12.1. The van der Waals surface area contributed by atoms with E-state index in [-0.39, 0.29) is 5.69 Å². The van der Waals surface area contributed by atoms with Crippen LogP contribution in [0.1, 0.15) is 11.3 Å². The van der Waals surface area contributed by atoms with Crippen molar-refractivity contribution in [1.29, 1.82) is 0 Å². The number of cyclic esters (lactones) is 1. The molecular formula is C21H12ClNO5. The first-order valence-corrected chi connectivity index (χ1v) is 8.64. The molecule has 1 aromatic heterocycles. The minimum atomic E-state index is -0.506. The molecule has 0 saturated heterocycles. The van der Waals surface area contributed by atoms with Crippen LogP contribution in [0.3, 0.4) is 0 Å². The summed E-state index contributed by atoms with van der Waals surface area (Å²) < 4.78 is 11.0. The van der Waals surface area contributed by atoms with Gasteiger partial charge in [0.2, 0.25) is 0 Å². The van der Waals surface area contributed by atoms with Crippen molar-refractivity contribution in [2.24, 2.45) is 0 Å². The molecule has 28 heavy (non-hydrogen) atoms. The smallest absolute Gasteiger partial charge is 0.343 e. The van der Waals surface area contributed by atoms with Crippen LogP contribution in [0.2, 0.25) is 5.02 Å². The zero-order chi connectivity index (χ0) is 19.7. The van der Waals surface area contributed by atoms with Crippen LogP contribution in [0, 0.1) is 10.1 Å². The minimum absolute atomic E-state index is 0.0544. The first kappa shape index (κ1) is 17.8. The predicted octanol–water partition coefficient (Wildman–Crippen LogP) is 5.49. The summed E-state index contributed by atoms with van der Waals surface area (Å²) in [6, 6.07) is 16.5. The zero-order valence-electron chi connectivity index (χ0n) is 14.3. The average Bonchev–Trinajstić information content (AvgIpc) is 3.30. The Balaban J connectivity index is 1.65. The van der Waals surface area contributed by atoms with Crippen molar-refractivity contribution in [3.63, 3.8) is 0 Å². The number of furan rings is 1. The van der Waals surface area contributed by atoms with E-state index in [1.807, 2.05) is 0 Å². The second kappa shape index (κ2) is 7.17. The van der Waals surface area contributed by atoms with Crippen molar-refractivity contribution in [3.8, 4) is 11.3 Å². The summed E-state index contributed by atoms with van der Waals surface area (Å²) in [6.07, 6.45) is 3.14. The van der Waals surface area contributed by atoms with Crippen LogP contribution in [0.5, 0.6) is 0 Å². The van der Waals surface area contributed by atoms with E-state index in [2.05, 4.69) is 0 Å². The van der Waals surface area contributed by atoms with Gasteiger partial charge < -0.3 is 9.15 Å². The van der Waals surface area contributed by atoms with E-state index in [0.717, 1.165) is 5.56 Å². The molecule has 0 bridgehead atoms. The molecule has 2 heterocycles. The van der Waals surface area contributed by atoms with Crippen LogP contribution >= 0.6 is 11.6 Å². The Hall–Kier alpha value is -3.64. The van der Waals surface area contributed by atoms with Crippen molar-refractivity contribution in [2.45, 2.75) is 0 Å². The predicted molar refractivity (Wildman–Crippen MR) is 104 cm³/mol. The van der Waals surface area contributed by atoms with Gasteiger partial charge in [0.05, 0.1) is 16.1 Å². The van der Waals surface area contributed by atoms with E-state index in [4.69, 9.17) is 20.8 Å². The summed E-state index contributed by atoms with van der Waals surface area (Å²) in [5.74, 6) is 0.633. The number of hydrogen-bond donors (Lipinski definition) is 0. The highest BCUT2D eigenvalue weighted by molar-refractivity contribution is 6.30. The van der Waals surface area contributed by atoms with E-state index >= 15 is 0 Å². The van der Waals surface area contributed by atoms with Gasteiger partial charge in [-0.05, 0) is 54.6 Å². The standard InChI is InChI=1S/C21H12ClNO5/c22-15-7-5-13(6-8-15)20-12-14(21(24)28-20)11-16-9-10-19(27-16)17-3-1-2-4-18(17)23(25)26/h1-12H/b14-11+. The molecule has 0 atom stereocenters. The molecule has 0 amide bonds. The van der Waals surface area contributed by atoms with Crippen molar-refractivity contribution >= 4 is 35.1 Å². The van der Waals surface area contributed by atoms with Gasteiger partial charge in [0.15, 0.2) is 0 Å². The quantitative estimate of drug-likeness (QED) is 0.253. The normalized spacial score (nSPS) is 14.8. The van der Waals surface area contributed by atoms with Crippen LogP contribution in [-0.2, 0) is 9.53 Å². The Kier molecular flexibility index (Phi) is 4.55. The van der Waals surface area contributed by atoms with Gasteiger partial charge in [-0.25, -0.2) is 4.79 Å². The van der Waals surface area contributed by atoms with Crippen LogP contribution in [0.15, 0.2) is 76.7 Å². The summed E-state index contributed by atoms with van der Waals surface area (Å²) in [7, 11) is 0. The number of halogens is 1. The topological polar surface area (TPSA) is 82.6 Å². The lowest BCUT2D eigenvalue weighted by Crippen LogP contribution is -1.96. The molecule has 0 spiro atoms.